The second-order valence-corrected chi connectivity index (χ2v) is 4.53. The molecule has 3 aromatic rings. The van der Waals surface area contributed by atoms with E-state index < -0.39 is 0 Å². The lowest BCUT2D eigenvalue weighted by Crippen LogP contribution is -2.08. The van der Waals surface area contributed by atoms with Gasteiger partial charge in [0.2, 0.25) is 0 Å². The number of nitrogens with zero attached hydrogens (tertiary/aromatic N) is 3. The Morgan fingerprint density at radius 2 is 1.95 bits per heavy atom. The number of benzene rings is 1. The molecule has 1 aromatic carbocycles. The summed E-state index contributed by atoms with van der Waals surface area (Å²) in [5.74, 6) is 0.541. The number of aromatic nitrogens is 4. The molecule has 0 unspecified atom stereocenters. The van der Waals surface area contributed by atoms with Crippen LogP contribution in [0.25, 0.3) is 17.1 Å². The summed E-state index contributed by atoms with van der Waals surface area (Å²) in [5.41, 5.74) is 6.70. The molecule has 0 bridgehead atoms. The highest BCUT2D eigenvalue weighted by Crippen LogP contribution is 2.25. The highest BCUT2D eigenvalue weighted by Gasteiger charge is 2.16. The molecule has 0 saturated carbocycles. The van der Waals surface area contributed by atoms with Crippen molar-refractivity contribution in [2.45, 2.75) is 0 Å². The summed E-state index contributed by atoms with van der Waals surface area (Å²) in [6, 6.07) is 8.61. The molecule has 0 atom stereocenters. The number of nitrogens with two attached hydrogens (primary N) is 1. The number of rotatable bonds is 2. The van der Waals surface area contributed by atoms with Crippen molar-refractivity contribution >= 4 is 17.4 Å². The molecule has 0 spiro atoms. The molecule has 7 heteroatoms. The number of hydrogen-bond donors (Lipinski definition) is 2. The van der Waals surface area contributed by atoms with Gasteiger partial charge in [-0.05, 0) is 23.8 Å². The monoisotopic (exact) mass is 287 g/mol. The van der Waals surface area contributed by atoms with Gasteiger partial charge in [-0.25, -0.2) is 14.6 Å². The van der Waals surface area contributed by atoms with Crippen molar-refractivity contribution in [3.63, 3.8) is 0 Å². The van der Waals surface area contributed by atoms with Crippen LogP contribution in [-0.2, 0) is 0 Å². The molecule has 0 fully saturated rings. The third-order valence-corrected chi connectivity index (χ3v) is 3.04. The minimum Gasteiger partial charge on any atom is -0.383 e. The SMILES string of the molecule is Nc1c(-c2cccc(Cl)c2)c(=O)[nH]n1-c1ncccn1. The number of H-pyrrole nitrogens is 1. The quantitative estimate of drug-likeness (QED) is 0.753. The smallest absolute Gasteiger partial charge is 0.274 e. The Morgan fingerprint density at radius 1 is 1.20 bits per heavy atom. The topological polar surface area (TPSA) is 89.6 Å². The van der Waals surface area contributed by atoms with Gasteiger partial charge in [0.1, 0.15) is 5.82 Å². The van der Waals surface area contributed by atoms with Gasteiger partial charge in [0.25, 0.3) is 11.5 Å². The number of nitrogens with one attached hydrogen (secondary N) is 1. The summed E-state index contributed by atoms with van der Waals surface area (Å²) in [7, 11) is 0. The first-order valence-electron chi connectivity index (χ1n) is 5.80. The van der Waals surface area contributed by atoms with Gasteiger partial charge in [0.15, 0.2) is 0 Å². The van der Waals surface area contributed by atoms with E-state index in [1.54, 1.807) is 42.7 Å². The normalized spacial score (nSPS) is 10.7. The fourth-order valence-electron chi connectivity index (χ4n) is 1.93. The van der Waals surface area contributed by atoms with Crippen molar-refractivity contribution in [1.82, 2.24) is 19.7 Å². The molecule has 100 valence electrons. The fourth-order valence-corrected chi connectivity index (χ4v) is 2.12. The molecular formula is C13H10ClN5O. The van der Waals surface area contributed by atoms with Crippen LogP contribution < -0.4 is 11.3 Å². The fraction of sp³-hybridized carbons (Fsp3) is 0. The van der Waals surface area contributed by atoms with Crippen molar-refractivity contribution in [3.8, 4) is 17.1 Å². The molecule has 0 aliphatic carbocycles. The van der Waals surface area contributed by atoms with Gasteiger partial charge in [0.05, 0.1) is 5.56 Å². The van der Waals surface area contributed by atoms with Crippen LogP contribution in [0.4, 0.5) is 5.82 Å². The molecule has 20 heavy (non-hydrogen) atoms. The molecule has 0 amide bonds. The summed E-state index contributed by atoms with van der Waals surface area (Å²) >= 11 is 5.94. The Hall–Kier alpha value is -2.60. The summed E-state index contributed by atoms with van der Waals surface area (Å²) < 4.78 is 1.35. The Kier molecular flexibility index (Phi) is 3.00. The number of nitrogen functional groups attached to an aromatic ring is 1. The van der Waals surface area contributed by atoms with Gasteiger partial charge < -0.3 is 5.73 Å². The van der Waals surface area contributed by atoms with Crippen LogP contribution in [-0.4, -0.2) is 19.7 Å². The summed E-state index contributed by atoms with van der Waals surface area (Å²) in [6.07, 6.45) is 3.14. The maximum atomic E-state index is 12.1. The molecule has 0 radical (unpaired) electrons. The van der Waals surface area contributed by atoms with Gasteiger partial charge in [-0.2, -0.15) is 0 Å². The van der Waals surface area contributed by atoms with Gasteiger partial charge >= 0.3 is 0 Å². The minimum atomic E-state index is -0.322. The van der Waals surface area contributed by atoms with Crippen molar-refractivity contribution in [2.24, 2.45) is 0 Å². The maximum Gasteiger partial charge on any atom is 0.274 e. The van der Waals surface area contributed by atoms with Crippen LogP contribution in [0.1, 0.15) is 0 Å². The third-order valence-electron chi connectivity index (χ3n) is 2.80. The molecular weight excluding hydrogens is 278 g/mol. The van der Waals surface area contributed by atoms with Gasteiger partial charge in [-0.1, -0.05) is 23.7 Å². The number of anilines is 1. The van der Waals surface area contributed by atoms with Crippen molar-refractivity contribution in [2.75, 3.05) is 5.73 Å². The summed E-state index contributed by atoms with van der Waals surface area (Å²) in [6.45, 7) is 0. The average Bonchev–Trinajstić information content (AvgIpc) is 2.75. The first kappa shape index (κ1) is 12.4. The van der Waals surface area contributed by atoms with Crippen LogP contribution in [0.5, 0.6) is 0 Å². The standard InChI is InChI=1S/C13H10ClN5O/c14-9-4-1-3-8(7-9)10-11(15)19(18-12(10)20)13-16-5-2-6-17-13/h1-7H,15H2,(H,18,20). The largest absolute Gasteiger partial charge is 0.383 e. The first-order valence-corrected chi connectivity index (χ1v) is 6.18. The first-order chi connectivity index (χ1) is 9.66. The number of hydrogen-bond acceptors (Lipinski definition) is 4. The Labute approximate surface area is 118 Å². The van der Waals surface area contributed by atoms with Gasteiger partial charge in [-0.15, -0.1) is 0 Å². The molecule has 3 N–H and O–H groups in total. The maximum absolute atomic E-state index is 12.1. The van der Waals surface area contributed by atoms with Crippen LogP contribution in [0, 0.1) is 0 Å². The zero-order valence-electron chi connectivity index (χ0n) is 10.2. The Balaban J connectivity index is 2.20. The number of aromatic amines is 1. The zero-order chi connectivity index (χ0) is 14.1. The van der Waals surface area contributed by atoms with E-state index in [1.165, 1.54) is 4.68 Å². The summed E-state index contributed by atoms with van der Waals surface area (Å²) in [4.78, 5) is 20.2. The van der Waals surface area contributed by atoms with Crippen molar-refractivity contribution in [1.29, 1.82) is 0 Å². The number of halogens is 1. The van der Waals surface area contributed by atoms with E-state index in [1.807, 2.05) is 0 Å². The highest BCUT2D eigenvalue weighted by atomic mass is 35.5. The average molecular weight is 288 g/mol. The van der Waals surface area contributed by atoms with E-state index in [9.17, 15) is 4.79 Å². The zero-order valence-corrected chi connectivity index (χ0v) is 11.0. The second-order valence-electron chi connectivity index (χ2n) is 4.10. The molecule has 3 rings (SSSR count). The molecule has 0 aliphatic heterocycles. The van der Waals surface area contributed by atoms with Crippen LogP contribution in [0.15, 0.2) is 47.5 Å². The Bertz CT molecular complexity index is 809. The molecule has 2 heterocycles. The molecule has 6 nitrogen and oxygen atoms in total. The van der Waals surface area contributed by atoms with Crippen LogP contribution in [0.3, 0.4) is 0 Å². The van der Waals surface area contributed by atoms with Crippen molar-refractivity contribution in [3.05, 3.63) is 58.1 Å². The van der Waals surface area contributed by atoms with E-state index in [2.05, 4.69) is 15.1 Å². The lowest BCUT2D eigenvalue weighted by atomic mass is 10.1. The minimum absolute atomic E-state index is 0.239. The van der Waals surface area contributed by atoms with Gasteiger partial charge in [-0.3, -0.25) is 9.89 Å². The highest BCUT2D eigenvalue weighted by molar-refractivity contribution is 6.30. The Morgan fingerprint density at radius 3 is 2.65 bits per heavy atom. The van der Waals surface area contributed by atoms with E-state index in [-0.39, 0.29) is 11.4 Å². The molecule has 0 aliphatic rings. The molecule has 0 saturated heterocycles. The predicted molar refractivity (Wildman–Crippen MR) is 76.8 cm³/mol. The van der Waals surface area contributed by atoms with Gasteiger partial charge in [0, 0.05) is 17.4 Å². The van der Waals surface area contributed by atoms with E-state index >= 15 is 0 Å². The van der Waals surface area contributed by atoms with Crippen LogP contribution >= 0.6 is 11.6 Å². The summed E-state index contributed by atoms with van der Waals surface area (Å²) in [5, 5.41) is 3.15. The van der Waals surface area contributed by atoms with E-state index in [0.717, 1.165) is 0 Å². The van der Waals surface area contributed by atoms with E-state index in [0.29, 0.717) is 22.1 Å². The predicted octanol–water partition coefficient (Wildman–Crippen LogP) is 1.86. The third kappa shape index (κ3) is 2.06. The molecule has 2 aromatic heterocycles. The lowest BCUT2D eigenvalue weighted by Gasteiger charge is -2.03. The van der Waals surface area contributed by atoms with Crippen molar-refractivity contribution < 1.29 is 0 Å². The van der Waals surface area contributed by atoms with E-state index in [4.69, 9.17) is 17.3 Å². The van der Waals surface area contributed by atoms with Crippen LogP contribution in [0.2, 0.25) is 5.02 Å². The lowest BCUT2D eigenvalue weighted by molar-refractivity contribution is 0.806. The second kappa shape index (κ2) is 4.82.